The summed E-state index contributed by atoms with van der Waals surface area (Å²) in [5, 5.41) is 0. The predicted octanol–water partition coefficient (Wildman–Crippen LogP) is 4.63. The Labute approximate surface area is 125 Å². The average molecular weight is 417 g/mol. The van der Waals surface area contributed by atoms with Crippen molar-refractivity contribution in [3.05, 3.63) is 67.2 Å². The van der Waals surface area contributed by atoms with Crippen LogP contribution in [-0.2, 0) is 26.5 Å². The van der Waals surface area contributed by atoms with E-state index >= 15 is 0 Å². The van der Waals surface area contributed by atoms with Crippen LogP contribution in [0, 0.1) is 25.7 Å². The van der Waals surface area contributed by atoms with Gasteiger partial charge in [-0.15, -0.1) is 0 Å². The van der Waals surface area contributed by atoms with Crippen LogP contribution >= 0.6 is 0 Å². The number of rotatable bonds is 0. The standard InChI is InChI=1S/C9H8.C8H12.Ir/c1-2-5-9-7-3-6-8(9)4-1;1-2-4-6-8-7-5-3-1;/h1-6H,7H2;1-2,7-8H,3-6H2;/q;;+3. The van der Waals surface area contributed by atoms with Crippen LogP contribution in [0.15, 0.2) is 30.3 Å². The number of allylic oxidation sites excluding steroid dienone is 1. The molecule has 0 aliphatic heterocycles. The third kappa shape index (κ3) is 5.50. The topological polar surface area (TPSA) is 0 Å². The molecular weight excluding hydrogens is 396 g/mol. The second-order valence-corrected chi connectivity index (χ2v) is 4.40. The van der Waals surface area contributed by atoms with Crippen LogP contribution in [0.1, 0.15) is 36.8 Å². The van der Waals surface area contributed by atoms with Crippen LogP contribution in [0.5, 0.6) is 0 Å². The summed E-state index contributed by atoms with van der Waals surface area (Å²) in [5.41, 5.74) is 2.84. The average Bonchev–Trinajstić information content (AvgIpc) is 2.76. The molecule has 0 nitrogen and oxygen atoms in total. The number of hydrogen-bond acceptors (Lipinski definition) is 0. The third-order valence-corrected chi connectivity index (χ3v) is 3.02. The van der Waals surface area contributed by atoms with Gasteiger partial charge < -0.3 is 0 Å². The van der Waals surface area contributed by atoms with E-state index in [9.17, 15) is 0 Å². The molecule has 18 heavy (non-hydrogen) atoms. The van der Waals surface area contributed by atoms with Crippen LogP contribution < -0.4 is 0 Å². The van der Waals surface area contributed by atoms with Crippen molar-refractivity contribution in [1.82, 2.24) is 0 Å². The Hall–Kier alpha value is -0.391. The van der Waals surface area contributed by atoms with Crippen molar-refractivity contribution in [3.8, 4) is 0 Å². The van der Waals surface area contributed by atoms with E-state index in [1.165, 1.54) is 36.8 Å². The molecule has 2 aliphatic rings. The quantitative estimate of drug-likeness (QED) is 0.578. The molecule has 1 fully saturated rings. The van der Waals surface area contributed by atoms with Crippen molar-refractivity contribution in [2.24, 2.45) is 0 Å². The largest absolute Gasteiger partial charge is 3.00 e. The molecule has 0 heterocycles. The van der Waals surface area contributed by atoms with Gasteiger partial charge in [-0.05, 0) is 68.9 Å². The molecule has 1 aromatic carbocycles. The summed E-state index contributed by atoms with van der Waals surface area (Å²) in [6, 6.07) is 8.49. The first-order valence-corrected chi connectivity index (χ1v) is 6.51. The van der Waals surface area contributed by atoms with E-state index < -0.39 is 0 Å². The molecule has 94 valence electrons. The molecule has 0 aromatic heterocycles. The minimum atomic E-state index is 0. The fraction of sp³-hybridized carbons (Fsp3) is 0.294. The molecule has 2 aliphatic carbocycles. The molecule has 0 unspecified atom stereocenters. The van der Waals surface area contributed by atoms with Gasteiger partial charge in [-0.2, -0.15) is 0 Å². The molecule has 0 amide bonds. The van der Waals surface area contributed by atoms with Crippen LogP contribution in [0.25, 0.3) is 6.08 Å². The van der Waals surface area contributed by atoms with Gasteiger partial charge in [0.05, 0.1) is 0 Å². The fourth-order valence-electron chi connectivity index (χ4n) is 2.05. The molecule has 3 rings (SSSR count). The maximum atomic E-state index is 2.27. The van der Waals surface area contributed by atoms with E-state index in [0.29, 0.717) is 0 Å². The van der Waals surface area contributed by atoms with Gasteiger partial charge in [0.15, 0.2) is 0 Å². The van der Waals surface area contributed by atoms with Gasteiger partial charge in [0.1, 0.15) is 0 Å². The van der Waals surface area contributed by atoms with Gasteiger partial charge in [0, 0.05) is 0 Å². The van der Waals surface area contributed by atoms with Crippen molar-refractivity contribution in [3.63, 3.8) is 0 Å². The number of benzene rings is 1. The second kappa shape index (κ2) is 9.53. The van der Waals surface area contributed by atoms with Crippen LogP contribution in [-0.4, -0.2) is 0 Å². The molecule has 1 aromatic rings. The molecule has 1 saturated carbocycles. The zero-order chi connectivity index (χ0) is 11.8. The smallest absolute Gasteiger partial charge is 0.0795 e. The molecule has 0 spiro atoms. The van der Waals surface area contributed by atoms with E-state index in [2.05, 4.69) is 62.1 Å². The van der Waals surface area contributed by atoms with Gasteiger partial charge >= 0.3 is 20.1 Å². The van der Waals surface area contributed by atoms with E-state index in [-0.39, 0.29) is 20.1 Å². The normalized spacial score (nSPS) is 17.6. The summed E-state index contributed by atoms with van der Waals surface area (Å²) in [4.78, 5) is 0. The van der Waals surface area contributed by atoms with E-state index in [1.54, 1.807) is 0 Å². The minimum Gasteiger partial charge on any atom is -0.0795 e. The van der Waals surface area contributed by atoms with Crippen molar-refractivity contribution in [2.75, 3.05) is 0 Å². The summed E-state index contributed by atoms with van der Waals surface area (Å²) in [7, 11) is 0. The van der Waals surface area contributed by atoms with E-state index in [4.69, 9.17) is 0 Å². The Bertz CT molecular complexity index is 330. The van der Waals surface area contributed by atoms with Crippen molar-refractivity contribution in [1.29, 1.82) is 0 Å². The maximum absolute atomic E-state index is 2.27. The zero-order valence-electron chi connectivity index (χ0n) is 10.6. The second-order valence-electron chi connectivity index (χ2n) is 4.40. The van der Waals surface area contributed by atoms with E-state index in [1.807, 2.05) is 0 Å². The monoisotopic (exact) mass is 417 g/mol. The van der Waals surface area contributed by atoms with Gasteiger partial charge in [0.25, 0.3) is 0 Å². The van der Waals surface area contributed by atoms with E-state index in [0.717, 1.165) is 6.42 Å². The first-order valence-electron chi connectivity index (χ1n) is 6.51. The molecule has 1 heteroatoms. The maximum Gasteiger partial charge on any atom is 3.00 e. The summed E-state index contributed by atoms with van der Waals surface area (Å²) in [5.74, 6) is 0. The SMILES string of the molecule is C1=Cc2ccccc2C1.[CH]1[CH]CC[CH][CH]CC1.[Ir+3]. The van der Waals surface area contributed by atoms with Gasteiger partial charge in [-0.3, -0.25) is 0 Å². The Morgan fingerprint density at radius 1 is 0.722 bits per heavy atom. The summed E-state index contributed by atoms with van der Waals surface area (Å²) >= 11 is 0. The predicted molar refractivity (Wildman–Crippen MR) is 74.8 cm³/mol. The third-order valence-electron chi connectivity index (χ3n) is 3.02. The molecule has 0 saturated heterocycles. The Morgan fingerprint density at radius 2 is 1.28 bits per heavy atom. The Balaban J connectivity index is 0.000000172. The Kier molecular flexibility index (Phi) is 8.29. The summed E-state index contributed by atoms with van der Waals surface area (Å²) in [6.07, 6.45) is 19.5. The number of hydrogen-bond donors (Lipinski definition) is 0. The van der Waals surface area contributed by atoms with Gasteiger partial charge in [0.2, 0.25) is 0 Å². The zero-order valence-corrected chi connectivity index (χ0v) is 13.0. The number of fused-ring (bicyclic) bond motifs is 1. The van der Waals surface area contributed by atoms with Crippen LogP contribution in [0.3, 0.4) is 0 Å². The summed E-state index contributed by atoms with van der Waals surface area (Å²) in [6.45, 7) is 0. The molecule has 0 atom stereocenters. The van der Waals surface area contributed by atoms with Gasteiger partial charge in [-0.1, -0.05) is 36.4 Å². The summed E-state index contributed by atoms with van der Waals surface area (Å²) < 4.78 is 0. The first-order chi connectivity index (χ1) is 8.47. The molecule has 4 radical (unpaired) electrons. The van der Waals surface area contributed by atoms with Crippen molar-refractivity contribution < 1.29 is 20.1 Å². The first kappa shape index (κ1) is 15.7. The fourth-order valence-corrected chi connectivity index (χ4v) is 2.05. The molecule has 0 bridgehead atoms. The van der Waals surface area contributed by atoms with Crippen molar-refractivity contribution >= 4 is 6.08 Å². The molecular formula is C17H20Ir+3. The minimum absolute atomic E-state index is 0. The van der Waals surface area contributed by atoms with Crippen molar-refractivity contribution in [2.45, 2.75) is 32.1 Å². The Morgan fingerprint density at radius 3 is 1.83 bits per heavy atom. The van der Waals surface area contributed by atoms with Crippen LogP contribution in [0.2, 0.25) is 0 Å². The molecule has 0 N–H and O–H groups in total. The van der Waals surface area contributed by atoms with Gasteiger partial charge in [-0.25, -0.2) is 0 Å². The van der Waals surface area contributed by atoms with Crippen LogP contribution in [0.4, 0.5) is 0 Å².